The Kier molecular flexibility index (Phi) is 6.69. The summed E-state index contributed by atoms with van der Waals surface area (Å²) in [6.45, 7) is 8.18. The predicted molar refractivity (Wildman–Crippen MR) is 152 cm³/mol. The van der Waals surface area contributed by atoms with Crippen LogP contribution in [0.2, 0.25) is 0 Å². The summed E-state index contributed by atoms with van der Waals surface area (Å²) in [7, 11) is 1.54. The van der Waals surface area contributed by atoms with Gasteiger partial charge in [-0.05, 0) is 49.6 Å². The van der Waals surface area contributed by atoms with Crippen LogP contribution in [0.3, 0.4) is 0 Å². The number of aliphatic hydroxyl groups excluding tert-OH is 1. The fraction of sp³-hybridized carbons (Fsp3) is 0.355. The van der Waals surface area contributed by atoms with Gasteiger partial charge in [0.1, 0.15) is 23.4 Å². The van der Waals surface area contributed by atoms with Crippen LogP contribution in [0.4, 0.5) is 24.5 Å². The number of hydrogen-bond donors (Lipinski definition) is 3. The summed E-state index contributed by atoms with van der Waals surface area (Å²) >= 11 is 0. The van der Waals surface area contributed by atoms with Gasteiger partial charge in [-0.1, -0.05) is 19.9 Å². The highest BCUT2D eigenvalue weighted by molar-refractivity contribution is 5.97. The first kappa shape index (κ1) is 28.0. The van der Waals surface area contributed by atoms with Gasteiger partial charge >= 0.3 is 0 Å². The molecule has 0 saturated carbocycles. The number of halogens is 3. The summed E-state index contributed by atoms with van der Waals surface area (Å²) in [6.07, 6.45) is 0.0261. The third-order valence-corrected chi connectivity index (χ3v) is 8.37. The smallest absolute Gasteiger partial charge is 0.250 e. The number of aliphatic hydroxyl groups is 1. The molecule has 11 heteroatoms. The van der Waals surface area contributed by atoms with E-state index in [1.165, 1.54) is 22.9 Å². The molecule has 1 aromatic heterocycles. The van der Waals surface area contributed by atoms with Crippen molar-refractivity contribution >= 4 is 23.0 Å². The van der Waals surface area contributed by atoms with Crippen LogP contribution in [0.25, 0.3) is 16.8 Å². The molecule has 4 heterocycles. The number of aromatic hydroxyl groups is 1. The molecule has 0 aliphatic carbocycles. The molecule has 1 unspecified atom stereocenters. The number of phenols is 1. The van der Waals surface area contributed by atoms with Gasteiger partial charge in [0, 0.05) is 37.9 Å². The number of carbonyl (C=O) groups excluding carboxylic acids is 1. The molecule has 3 aliphatic rings. The molecule has 1 amide bonds. The van der Waals surface area contributed by atoms with Crippen LogP contribution < -0.4 is 10.2 Å². The quantitative estimate of drug-likeness (QED) is 0.419. The van der Waals surface area contributed by atoms with Crippen molar-refractivity contribution in [3.8, 4) is 16.9 Å². The van der Waals surface area contributed by atoms with E-state index >= 15 is 13.2 Å². The van der Waals surface area contributed by atoms with Gasteiger partial charge in [-0.15, -0.1) is 0 Å². The van der Waals surface area contributed by atoms with Crippen molar-refractivity contribution in [3.63, 3.8) is 0 Å². The second kappa shape index (κ2) is 10.0. The molecule has 3 atom stereocenters. The molecule has 6 rings (SSSR count). The van der Waals surface area contributed by atoms with Crippen molar-refractivity contribution in [2.75, 3.05) is 25.0 Å². The Balaban J connectivity index is 1.74. The van der Waals surface area contributed by atoms with E-state index in [0.717, 1.165) is 18.2 Å². The topological polar surface area (TPSA) is 92.2 Å². The molecule has 3 N–H and O–H groups in total. The lowest BCUT2D eigenvalue weighted by molar-refractivity contribution is -0.135. The highest BCUT2D eigenvalue weighted by atomic mass is 19.1. The van der Waals surface area contributed by atoms with E-state index in [1.807, 2.05) is 20.8 Å². The lowest BCUT2D eigenvalue weighted by Gasteiger charge is -2.52. The van der Waals surface area contributed by atoms with Crippen molar-refractivity contribution in [1.82, 2.24) is 20.1 Å². The predicted octanol–water partition coefficient (Wildman–Crippen LogP) is 4.58. The minimum absolute atomic E-state index is 0.0535. The van der Waals surface area contributed by atoms with Crippen molar-refractivity contribution in [2.45, 2.75) is 51.9 Å². The molecular weight excluding hydrogens is 547 g/mol. The van der Waals surface area contributed by atoms with E-state index in [2.05, 4.69) is 10.3 Å². The number of carbonyl (C=O) groups is 1. The third-order valence-electron chi connectivity index (χ3n) is 8.37. The van der Waals surface area contributed by atoms with Crippen LogP contribution in [-0.2, 0) is 4.79 Å². The van der Waals surface area contributed by atoms with E-state index < -0.39 is 46.6 Å². The zero-order chi connectivity index (χ0) is 30.2. The molecule has 8 nitrogen and oxygen atoms in total. The molecule has 0 radical (unpaired) electrons. The van der Waals surface area contributed by atoms with Crippen LogP contribution in [0.1, 0.15) is 43.5 Å². The van der Waals surface area contributed by atoms with Gasteiger partial charge in [0.15, 0.2) is 12.0 Å². The summed E-state index contributed by atoms with van der Waals surface area (Å²) < 4.78 is 48.2. The Morgan fingerprint density at radius 3 is 2.52 bits per heavy atom. The second-order valence-electron chi connectivity index (χ2n) is 11.4. The van der Waals surface area contributed by atoms with Gasteiger partial charge in [0.25, 0.3) is 5.91 Å². The average molecular weight is 580 g/mol. The van der Waals surface area contributed by atoms with E-state index in [0.29, 0.717) is 35.7 Å². The standard InChI is InChI=1S/C31H32F3N5O3/c1-14(2)25-26(15(3)9-10-35-25)39-27-17(11-19(33)23(24(27)34)22-18(32)7-6-8-21(22)40)28-29(31(39)42)37(5)30(41)20-12-36-16(4)13-38(20)28/h6-11,14,16,20,31,36,40,42H,12-13H2,1-5H3/t16-,20-,31?/m1/s1. The molecule has 0 spiro atoms. The van der Waals surface area contributed by atoms with Gasteiger partial charge in [-0.2, -0.15) is 0 Å². The van der Waals surface area contributed by atoms with Crippen LogP contribution in [-0.4, -0.2) is 69.4 Å². The van der Waals surface area contributed by atoms with E-state index in [9.17, 15) is 15.0 Å². The van der Waals surface area contributed by atoms with Crippen LogP contribution in [0.15, 0.2) is 42.2 Å². The van der Waals surface area contributed by atoms with Gasteiger partial charge < -0.3 is 30.2 Å². The van der Waals surface area contributed by atoms with Crippen molar-refractivity contribution in [2.24, 2.45) is 0 Å². The van der Waals surface area contributed by atoms with Crippen LogP contribution in [0, 0.1) is 24.4 Å². The summed E-state index contributed by atoms with van der Waals surface area (Å²) in [4.78, 5) is 22.5. The van der Waals surface area contributed by atoms with Crippen molar-refractivity contribution in [3.05, 3.63) is 76.5 Å². The number of rotatable bonds is 3. The normalized spacial score (nSPS) is 22.0. The number of phenolic OH excluding ortho intramolecular Hbond substituents is 1. The van der Waals surface area contributed by atoms with Gasteiger partial charge in [0.05, 0.1) is 39.6 Å². The Morgan fingerprint density at radius 1 is 1.10 bits per heavy atom. The molecular formula is C31H32F3N5O3. The minimum Gasteiger partial charge on any atom is -0.507 e. The number of nitrogens with zero attached hydrogens (tertiary/aromatic N) is 4. The maximum absolute atomic E-state index is 17.0. The summed E-state index contributed by atoms with van der Waals surface area (Å²) in [5.74, 6) is -4.32. The zero-order valence-electron chi connectivity index (χ0n) is 23.9. The molecule has 42 heavy (non-hydrogen) atoms. The lowest BCUT2D eigenvalue weighted by Crippen LogP contribution is -2.64. The third kappa shape index (κ3) is 3.98. The summed E-state index contributed by atoms with van der Waals surface area (Å²) in [5.41, 5.74) is 0.595. The molecule has 220 valence electrons. The molecule has 2 aromatic carbocycles. The largest absolute Gasteiger partial charge is 0.507 e. The molecule has 3 aliphatic heterocycles. The van der Waals surface area contributed by atoms with Crippen LogP contribution >= 0.6 is 0 Å². The fourth-order valence-electron chi connectivity index (χ4n) is 6.41. The Morgan fingerprint density at radius 2 is 1.83 bits per heavy atom. The number of likely N-dealkylation sites (N-methyl/N-ethyl adjacent to an activating group) is 1. The fourth-order valence-corrected chi connectivity index (χ4v) is 6.41. The first-order valence-electron chi connectivity index (χ1n) is 13.9. The number of anilines is 2. The Hall–Kier alpha value is -4.09. The minimum atomic E-state index is -1.59. The Bertz CT molecular complexity index is 1640. The zero-order valence-corrected chi connectivity index (χ0v) is 23.9. The summed E-state index contributed by atoms with van der Waals surface area (Å²) in [6, 6.07) is 5.50. The number of aryl methyl sites for hydroxylation is 1. The monoisotopic (exact) mass is 579 g/mol. The second-order valence-corrected chi connectivity index (χ2v) is 11.4. The number of benzene rings is 2. The summed E-state index contributed by atoms with van der Waals surface area (Å²) in [5, 5.41) is 25.9. The number of piperazine rings is 1. The highest BCUT2D eigenvalue weighted by Crippen LogP contribution is 2.52. The van der Waals surface area contributed by atoms with Gasteiger partial charge in [-0.3, -0.25) is 9.78 Å². The average Bonchev–Trinajstić information content (AvgIpc) is 2.93. The first-order chi connectivity index (χ1) is 19.9. The lowest BCUT2D eigenvalue weighted by atomic mass is 9.89. The van der Waals surface area contributed by atoms with E-state index in [1.54, 1.807) is 24.1 Å². The van der Waals surface area contributed by atoms with Crippen molar-refractivity contribution < 1.29 is 28.2 Å². The van der Waals surface area contributed by atoms with Crippen molar-refractivity contribution in [1.29, 1.82) is 0 Å². The number of fused-ring (bicyclic) bond motifs is 4. The number of nitrogens with one attached hydrogen (secondary N) is 1. The molecule has 1 fully saturated rings. The molecule has 1 saturated heterocycles. The van der Waals surface area contributed by atoms with Crippen LogP contribution in [0.5, 0.6) is 5.75 Å². The number of pyridine rings is 1. The maximum Gasteiger partial charge on any atom is 0.250 e. The SMILES string of the molecule is Cc1ccnc(C(C)C)c1N1c2c(cc(F)c(-c3c(O)cccc3F)c2F)C2=C(C1O)N(C)C(=O)[C@H]1CN[C@H](C)CN21. The number of hydrogen-bond acceptors (Lipinski definition) is 7. The number of aromatic nitrogens is 1. The van der Waals surface area contributed by atoms with E-state index in [4.69, 9.17) is 0 Å². The molecule has 0 bridgehead atoms. The maximum atomic E-state index is 17.0. The van der Waals surface area contributed by atoms with E-state index in [-0.39, 0.29) is 34.8 Å². The van der Waals surface area contributed by atoms with Gasteiger partial charge in [0.2, 0.25) is 0 Å². The number of amides is 1. The van der Waals surface area contributed by atoms with Gasteiger partial charge in [-0.25, -0.2) is 13.2 Å². The Labute approximate surface area is 241 Å². The first-order valence-corrected chi connectivity index (χ1v) is 13.9. The molecule has 3 aromatic rings. The highest BCUT2D eigenvalue weighted by Gasteiger charge is 2.49.